The summed E-state index contributed by atoms with van der Waals surface area (Å²) in [6.45, 7) is 2.47. The number of guanidine groups is 1. The first-order valence-electron chi connectivity index (χ1n) is 8.64. The molecule has 0 unspecified atom stereocenters. The van der Waals surface area contributed by atoms with Crippen molar-refractivity contribution < 1.29 is 18.9 Å². The lowest BCUT2D eigenvalue weighted by Crippen LogP contribution is -2.36. The van der Waals surface area contributed by atoms with Gasteiger partial charge in [-0.05, 0) is 35.4 Å². The standard InChI is InChI=1S/C19H20ClN3O4/c1-21-19(22-9-12-2-3-15-16(7-12)27-11-26-15)23-10-13-6-14(20)18-17(8-13)24-4-5-25-18/h2-3,6-8H,4-5,9-11H2,1H3,(H2,21,22,23). The monoisotopic (exact) mass is 389 g/mol. The van der Waals surface area contributed by atoms with Crippen molar-refractivity contribution in [3.63, 3.8) is 0 Å². The first kappa shape index (κ1) is 17.6. The molecule has 142 valence electrons. The van der Waals surface area contributed by atoms with Crippen molar-refractivity contribution in [1.82, 2.24) is 10.6 Å². The van der Waals surface area contributed by atoms with E-state index in [1.165, 1.54) is 0 Å². The normalized spacial score (nSPS) is 14.8. The molecule has 7 nitrogen and oxygen atoms in total. The summed E-state index contributed by atoms with van der Waals surface area (Å²) in [5.41, 5.74) is 2.06. The number of fused-ring (bicyclic) bond motifs is 2. The summed E-state index contributed by atoms with van der Waals surface area (Å²) in [6.07, 6.45) is 0. The maximum absolute atomic E-state index is 6.28. The molecule has 8 heteroatoms. The Bertz CT molecular complexity index is 872. The van der Waals surface area contributed by atoms with E-state index in [1.54, 1.807) is 7.05 Å². The van der Waals surface area contributed by atoms with E-state index in [2.05, 4.69) is 15.6 Å². The van der Waals surface area contributed by atoms with Crippen LogP contribution in [0.3, 0.4) is 0 Å². The average molecular weight is 390 g/mol. The van der Waals surface area contributed by atoms with Crippen LogP contribution in [0.4, 0.5) is 0 Å². The molecule has 2 N–H and O–H groups in total. The van der Waals surface area contributed by atoms with Crippen LogP contribution in [-0.4, -0.2) is 33.0 Å². The Labute approximate surface area is 162 Å². The van der Waals surface area contributed by atoms with Gasteiger partial charge in [-0.25, -0.2) is 0 Å². The van der Waals surface area contributed by atoms with E-state index < -0.39 is 0 Å². The zero-order valence-electron chi connectivity index (χ0n) is 14.9. The fraction of sp³-hybridized carbons (Fsp3) is 0.316. The van der Waals surface area contributed by atoms with Gasteiger partial charge in [0.25, 0.3) is 0 Å². The number of rotatable bonds is 4. The van der Waals surface area contributed by atoms with Gasteiger partial charge >= 0.3 is 0 Å². The molecule has 0 fully saturated rings. The lowest BCUT2D eigenvalue weighted by atomic mass is 10.2. The van der Waals surface area contributed by atoms with Gasteiger partial charge in [-0.3, -0.25) is 4.99 Å². The van der Waals surface area contributed by atoms with Crippen LogP contribution in [0.15, 0.2) is 35.3 Å². The number of aliphatic imine (C=N–C) groups is 1. The van der Waals surface area contributed by atoms with Gasteiger partial charge < -0.3 is 29.6 Å². The minimum absolute atomic E-state index is 0.271. The van der Waals surface area contributed by atoms with Crippen molar-refractivity contribution in [3.05, 3.63) is 46.5 Å². The van der Waals surface area contributed by atoms with Crippen molar-refractivity contribution in [1.29, 1.82) is 0 Å². The highest BCUT2D eigenvalue weighted by Gasteiger charge is 2.17. The van der Waals surface area contributed by atoms with Gasteiger partial charge in [-0.15, -0.1) is 0 Å². The van der Waals surface area contributed by atoms with Gasteiger partial charge in [0.15, 0.2) is 29.0 Å². The van der Waals surface area contributed by atoms with Crippen LogP contribution in [0.1, 0.15) is 11.1 Å². The SMILES string of the molecule is CN=C(NCc1ccc2c(c1)OCO2)NCc1cc(Cl)c2c(c1)OCCO2. The van der Waals surface area contributed by atoms with Crippen molar-refractivity contribution in [3.8, 4) is 23.0 Å². The number of nitrogens with one attached hydrogen (secondary N) is 2. The highest BCUT2D eigenvalue weighted by molar-refractivity contribution is 6.32. The van der Waals surface area contributed by atoms with E-state index >= 15 is 0 Å². The molecule has 0 saturated heterocycles. The van der Waals surface area contributed by atoms with Crippen molar-refractivity contribution in [2.24, 2.45) is 4.99 Å². The first-order valence-corrected chi connectivity index (χ1v) is 9.02. The van der Waals surface area contributed by atoms with Gasteiger partial charge in [0.05, 0.1) is 5.02 Å². The summed E-state index contributed by atoms with van der Waals surface area (Å²) in [4.78, 5) is 4.25. The van der Waals surface area contributed by atoms with Crippen LogP contribution < -0.4 is 29.6 Å². The molecule has 0 saturated carbocycles. The smallest absolute Gasteiger partial charge is 0.231 e. The lowest BCUT2D eigenvalue weighted by molar-refractivity contribution is 0.171. The van der Waals surface area contributed by atoms with Crippen LogP contribution >= 0.6 is 11.6 Å². The fourth-order valence-electron chi connectivity index (χ4n) is 2.91. The van der Waals surface area contributed by atoms with Gasteiger partial charge in [0.2, 0.25) is 6.79 Å². The molecule has 0 amide bonds. The summed E-state index contributed by atoms with van der Waals surface area (Å²) in [5.74, 6) is 3.50. The highest BCUT2D eigenvalue weighted by Crippen LogP contribution is 2.38. The summed E-state index contributed by atoms with van der Waals surface area (Å²) in [5, 5.41) is 7.10. The van der Waals surface area contributed by atoms with Crippen LogP contribution in [0, 0.1) is 0 Å². The van der Waals surface area contributed by atoms with Crippen LogP contribution in [-0.2, 0) is 13.1 Å². The molecule has 0 radical (unpaired) electrons. The third-order valence-corrected chi connectivity index (χ3v) is 4.52. The number of ether oxygens (including phenoxy) is 4. The first-order chi connectivity index (χ1) is 13.2. The number of hydrogen-bond acceptors (Lipinski definition) is 5. The van der Waals surface area contributed by atoms with Crippen molar-refractivity contribution in [2.45, 2.75) is 13.1 Å². The third-order valence-electron chi connectivity index (χ3n) is 4.24. The second-order valence-electron chi connectivity index (χ2n) is 6.07. The minimum atomic E-state index is 0.271. The average Bonchev–Trinajstić information content (AvgIpc) is 3.16. The molecule has 0 bridgehead atoms. The summed E-state index contributed by atoms with van der Waals surface area (Å²) in [7, 11) is 1.73. The second kappa shape index (κ2) is 7.84. The Kier molecular flexibility index (Phi) is 5.11. The quantitative estimate of drug-likeness (QED) is 0.618. The molecule has 2 aromatic rings. The topological polar surface area (TPSA) is 73.3 Å². The van der Waals surface area contributed by atoms with E-state index in [0.29, 0.717) is 48.8 Å². The maximum Gasteiger partial charge on any atom is 0.231 e. The van der Waals surface area contributed by atoms with Crippen LogP contribution in [0.25, 0.3) is 0 Å². The third kappa shape index (κ3) is 3.98. The predicted octanol–water partition coefficient (Wildman–Crippen LogP) is 2.71. The van der Waals surface area contributed by atoms with E-state index in [0.717, 1.165) is 22.6 Å². The van der Waals surface area contributed by atoms with E-state index in [-0.39, 0.29) is 6.79 Å². The molecule has 2 aliphatic heterocycles. The Morgan fingerprint density at radius 1 is 0.926 bits per heavy atom. The number of halogens is 1. The van der Waals surface area contributed by atoms with Gasteiger partial charge in [0.1, 0.15) is 13.2 Å². The minimum Gasteiger partial charge on any atom is -0.486 e. The van der Waals surface area contributed by atoms with Crippen LogP contribution in [0.5, 0.6) is 23.0 Å². The Balaban J connectivity index is 1.35. The van der Waals surface area contributed by atoms with Gasteiger partial charge in [-0.1, -0.05) is 17.7 Å². The molecule has 0 spiro atoms. The van der Waals surface area contributed by atoms with Crippen molar-refractivity contribution >= 4 is 17.6 Å². The van der Waals surface area contributed by atoms with Gasteiger partial charge in [0, 0.05) is 20.1 Å². The molecule has 4 rings (SSSR count). The molecule has 27 heavy (non-hydrogen) atoms. The highest BCUT2D eigenvalue weighted by atomic mass is 35.5. The molecule has 0 atom stereocenters. The number of nitrogens with zero attached hydrogens (tertiary/aromatic N) is 1. The number of benzene rings is 2. The molecule has 0 aromatic heterocycles. The molecular weight excluding hydrogens is 370 g/mol. The van der Waals surface area contributed by atoms with Crippen molar-refractivity contribution in [2.75, 3.05) is 27.1 Å². The lowest BCUT2D eigenvalue weighted by Gasteiger charge is -2.20. The fourth-order valence-corrected chi connectivity index (χ4v) is 3.20. The summed E-state index contributed by atoms with van der Waals surface area (Å²) in [6, 6.07) is 9.66. The zero-order valence-corrected chi connectivity index (χ0v) is 15.6. The molecule has 2 heterocycles. The summed E-state index contributed by atoms with van der Waals surface area (Å²) >= 11 is 6.28. The summed E-state index contributed by atoms with van der Waals surface area (Å²) < 4.78 is 21.9. The maximum atomic E-state index is 6.28. The molecule has 0 aliphatic carbocycles. The predicted molar refractivity (Wildman–Crippen MR) is 102 cm³/mol. The number of hydrogen-bond donors (Lipinski definition) is 2. The second-order valence-corrected chi connectivity index (χ2v) is 6.48. The van der Waals surface area contributed by atoms with E-state index in [9.17, 15) is 0 Å². The largest absolute Gasteiger partial charge is 0.486 e. The Hall–Kier alpha value is -2.80. The molecular formula is C19H20ClN3O4. The van der Waals surface area contributed by atoms with E-state index in [1.807, 2.05) is 30.3 Å². The molecule has 2 aliphatic rings. The Morgan fingerprint density at radius 3 is 2.52 bits per heavy atom. The van der Waals surface area contributed by atoms with E-state index in [4.69, 9.17) is 30.5 Å². The zero-order chi connectivity index (χ0) is 18.6. The Morgan fingerprint density at radius 2 is 1.67 bits per heavy atom. The molecule has 2 aromatic carbocycles. The van der Waals surface area contributed by atoms with Gasteiger partial charge in [-0.2, -0.15) is 0 Å². The van der Waals surface area contributed by atoms with Crippen LogP contribution in [0.2, 0.25) is 5.02 Å².